The molecule has 0 rings (SSSR count). The molecule has 0 aliphatic heterocycles. The van der Waals surface area contributed by atoms with Crippen LogP contribution in [-0.4, -0.2) is 12.6 Å². The normalized spacial score (nSPS) is 11.8. The first-order valence-corrected chi connectivity index (χ1v) is 4.18. The number of carbonyl (C=O) groups excluding carboxylic acids is 1. The fraction of sp³-hybridized carbons (Fsp3) is 0.889. The van der Waals surface area contributed by atoms with Gasteiger partial charge < -0.3 is 0 Å². The van der Waals surface area contributed by atoms with Crippen LogP contribution in [0.15, 0.2) is 0 Å². The second kappa shape index (κ2) is 4.45. The first kappa shape index (κ1) is 11.4. The molecule has 3 heteroatoms. The molecular formula is C9H18O3. The summed E-state index contributed by atoms with van der Waals surface area (Å²) in [7, 11) is 0. The monoisotopic (exact) mass is 174 g/mol. The largest absolute Gasteiger partial charge is 0.347 e. The Morgan fingerprint density at radius 1 is 1.33 bits per heavy atom. The Morgan fingerprint density at radius 2 is 1.83 bits per heavy atom. The minimum Gasteiger partial charge on any atom is -0.298 e. The third kappa shape index (κ3) is 5.13. The summed E-state index contributed by atoms with van der Waals surface area (Å²) in [5.74, 6) is 0.0425. The van der Waals surface area contributed by atoms with E-state index in [-0.39, 0.29) is 5.97 Å². The molecule has 0 N–H and O–H groups in total. The lowest BCUT2D eigenvalue weighted by Crippen LogP contribution is -2.23. The van der Waals surface area contributed by atoms with Crippen molar-refractivity contribution in [2.24, 2.45) is 11.3 Å². The molecule has 0 amide bonds. The number of hydrogen-bond donors (Lipinski definition) is 0. The van der Waals surface area contributed by atoms with Crippen LogP contribution in [0.5, 0.6) is 0 Å². The maximum absolute atomic E-state index is 11.1. The summed E-state index contributed by atoms with van der Waals surface area (Å²) in [6.07, 6.45) is 0. The molecule has 0 fully saturated rings. The van der Waals surface area contributed by atoms with Crippen LogP contribution in [0.25, 0.3) is 0 Å². The Labute approximate surface area is 74.0 Å². The summed E-state index contributed by atoms with van der Waals surface area (Å²) < 4.78 is 0. The van der Waals surface area contributed by atoms with Crippen LogP contribution < -0.4 is 0 Å². The summed E-state index contributed by atoms with van der Waals surface area (Å²) >= 11 is 0. The predicted octanol–water partition coefficient (Wildman–Crippen LogP) is 2.16. The number of rotatable bonds is 3. The average molecular weight is 174 g/mol. The second-order valence-corrected chi connectivity index (χ2v) is 4.30. The SMILES string of the molecule is CC(C)COOC(=O)C(C)(C)C. The van der Waals surface area contributed by atoms with Gasteiger partial charge in [0.05, 0.1) is 12.0 Å². The summed E-state index contributed by atoms with van der Waals surface area (Å²) in [6, 6.07) is 0. The van der Waals surface area contributed by atoms with Crippen LogP contribution in [-0.2, 0) is 14.6 Å². The zero-order chi connectivity index (χ0) is 9.78. The van der Waals surface area contributed by atoms with E-state index < -0.39 is 5.41 Å². The van der Waals surface area contributed by atoms with Crippen LogP contribution in [0, 0.1) is 11.3 Å². The van der Waals surface area contributed by atoms with Gasteiger partial charge in [-0.2, -0.15) is 4.89 Å². The molecule has 0 aromatic rings. The second-order valence-electron chi connectivity index (χ2n) is 4.30. The van der Waals surface area contributed by atoms with Gasteiger partial charge in [0.15, 0.2) is 0 Å². The molecular weight excluding hydrogens is 156 g/mol. The Balaban J connectivity index is 3.59. The lowest BCUT2D eigenvalue weighted by molar-refractivity contribution is -0.283. The molecule has 0 spiro atoms. The maximum Gasteiger partial charge on any atom is 0.347 e. The maximum atomic E-state index is 11.1. The molecule has 0 aromatic heterocycles. The van der Waals surface area contributed by atoms with Gasteiger partial charge in [-0.25, -0.2) is 4.79 Å². The molecule has 0 radical (unpaired) electrons. The topological polar surface area (TPSA) is 35.5 Å². The molecule has 0 unspecified atom stereocenters. The van der Waals surface area contributed by atoms with Crippen molar-refractivity contribution in [1.82, 2.24) is 0 Å². The van der Waals surface area contributed by atoms with E-state index in [1.54, 1.807) is 20.8 Å². The fourth-order valence-corrected chi connectivity index (χ4v) is 0.349. The summed E-state index contributed by atoms with van der Waals surface area (Å²) in [6.45, 7) is 9.79. The minimum absolute atomic E-state index is 0.330. The summed E-state index contributed by atoms with van der Waals surface area (Å²) in [4.78, 5) is 20.4. The van der Waals surface area contributed by atoms with Crippen molar-refractivity contribution in [2.75, 3.05) is 6.61 Å². The highest BCUT2D eigenvalue weighted by Crippen LogP contribution is 2.15. The molecule has 3 nitrogen and oxygen atoms in total. The highest BCUT2D eigenvalue weighted by molar-refractivity contribution is 5.74. The van der Waals surface area contributed by atoms with Gasteiger partial charge in [-0.1, -0.05) is 13.8 Å². The Bertz CT molecular complexity index is 144. The van der Waals surface area contributed by atoms with Gasteiger partial charge in [-0.05, 0) is 26.7 Å². The molecule has 12 heavy (non-hydrogen) atoms. The fourth-order valence-electron chi connectivity index (χ4n) is 0.349. The van der Waals surface area contributed by atoms with Crippen LogP contribution in [0.2, 0.25) is 0 Å². The molecule has 0 atom stereocenters. The van der Waals surface area contributed by atoms with Crippen molar-refractivity contribution in [3.8, 4) is 0 Å². The van der Waals surface area contributed by atoms with Gasteiger partial charge in [0.2, 0.25) is 0 Å². The van der Waals surface area contributed by atoms with Gasteiger partial charge in [-0.3, -0.25) is 4.89 Å². The van der Waals surface area contributed by atoms with Gasteiger partial charge >= 0.3 is 5.97 Å². The van der Waals surface area contributed by atoms with Crippen molar-refractivity contribution in [2.45, 2.75) is 34.6 Å². The van der Waals surface area contributed by atoms with Crippen molar-refractivity contribution in [3.63, 3.8) is 0 Å². The molecule has 72 valence electrons. The van der Waals surface area contributed by atoms with E-state index in [9.17, 15) is 4.79 Å². The van der Waals surface area contributed by atoms with Gasteiger partial charge in [0.25, 0.3) is 0 Å². The van der Waals surface area contributed by atoms with Gasteiger partial charge in [-0.15, -0.1) is 0 Å². The van der Waals surface area contributed by atoms with Crippen LogP contribution >= 0.6 is 0 Å². The van der Waals surface area contributed by atoms with E-state index in [0.29, 0.717) is 12.5 Å². The number of carbonyl (C=O) groups is 1. The molecule has 0 aliphatic rings. The van der Waals surface area contributed by atoms with E-state index in [0.717, 1.165) is 0 Å². The van der Waals surface area contributed by atoms with Crippen molar-refractivity contribution >= 4 is 5.97 Å². The third-order valence-electron chi connectivity index (χ3n) is 1.15. The van der Waals surface area contributed by atoms with E-state index in [1.165, 1.54) is 0 Å². The van der Waals surface area contributed by atoms with E-state index in [1.807, 2.05) is 13.8 Å². The van der Waals surface area contributed by atoms with Crippen LogP contribution in [0.1, 0.15) is 34.6 Å². The van der Waals surface area contributed by atoms with E-state index in [4.69, 9.17) is 4.89 Å². The first-order valence-electron chi connectivity index (χ1n) is 4.18. The standard InChI is InChI=1S/C9H18O3/c1-7(2)6-11-12-8(10)9(3,4)5/h7H,6H2,1-5H3. The third-order valence-corrected chi connectivity index (χ3v) is 1.15. The molecule has 0 bridgehead atoms. The highest BCUT2D eigenvalue weighted by atomic mass is 17.2. The lowest BCUT2D eigenvalue weighted by Gasteiger charge is -2.15. The predicted molar refractivity (Wildman–Crippen MR) is 46.3 cm³/mol. The molecule has 0 saturated carbocycles. The van der Waals surface area contributed by atoms with Crippen molar-refractivity contribution in [3.05, 3.63) is 0 Å². The van der Waals surface area contributed by atoms with E-state index >= 15 is 0 Å². The number of hydrogen-bond acceptors (Lipinski definition) is 3. The van der Waals surface area contributed by atoms with Crippen molar-refractivity contribution < 1.29 is 14.6 Å². The van der Waals surface area contributed by atoms with E-state index in [2.05, 4.69) is 4.89 Å². The van der Waals surface area contributed by atoms with Crippen molar-refractivity contribution in [1.29, 1.82) is 0 Å². The first-order chi connectivity index (χ1) is 5.34. The average Bonchev–Trinajstić information content (AvgIpc) is 1.84. The zero-order valence-corrected chi connectivity index (χ0v) is 8.51. The quantitative estimate of drug-likeness (QED) is 0.486. The smallest absolute Gasteiger partial charge is 0.298 e. The van der Waals surface area contributed by atoms with Crippen LogP contribution in [0.3, 0.4) is 0 Å². The molecule has 0 aromatic carbocycles. The molecule has 0 heterocycles. The summed E-state index contributed by atoms with van der Waals surface area (Å²) in [5, 5.41) is 0. The highest BCUT2D eigenvalue weighted by Gasteiger charge is 2.24. The van der Waals surface area contributed by atoms with Gasteiger partial charge in [0.1, 0.15) is 0 Å². The molecule has 0 aliphatic carbocycles. The summed E-state index contributed by atoms with van der Waals surface area (Å²) in [5.41, 5.74) is -0.489. The Hall–Kier alpha value is -0.570. The molecule has 0 saturated heterocycles. The lowest BCUT2D eigenvalue weighted by atomic mass is 9.98. The Morgan fingerprint density at radius 3 is 2.17 bits per heavy atom. The van der Waals surface area contributed by atoms with Crippen LogP contribution in [0.4, 0.5) is 0 Å². The minimum atomic E-state index is -0.489. The Kier molecular flexibility index (Phi) is 4.24. The zero-order valence-electron chi connectivity index (χ0n) is 8.51. The van der Waals surface area contributed by atoms with Gasteiger partial charge in [0, 0.05) is 0 Å².